The maximum atomic E-state index is 12.1. The number of alkyl halides is 3. The Morgan fingerprint density at radius 2 is 1.62 bits per heavy atom. The van der Waals surface area contributed by atoms with Gasteiger partial charge in [0.1, 0.15) is 5.75 Å². The first-order valence-electron chi connectivity index (χ1n) is 9.83. The highest BCUT2D eigenvalue weighted by Gasteiger charge is 2.30. The lowest BCUT2D eigenvalue weighted by Gasteiger charge is -2.25. The minimum Gasteiger partial charge on any atom is -0.406 e. The summed E-state index contributed by atoms with van der Waals surface area (Å²) in [6, 6.07) is 5.78. The molecule has 0 heterocycles. The molecule has 1 saturated carbocycles. The van der Waals surface area contributed by atoms with Crippen molar-refractivity contribution in [3.63, 3.8) is 0 Å². The third kappa shape index (κ3) is 8.17. The predicted octanol–water partition coefficient (Wildman–Crippen LogP) is 7.10. The molecule has 1 nitrogen and oxygen atoms in total. The second kappa shape index (κ2) is 10.5. The van der Waals surface area contributed by atoms with Gasteiger partial charge in [0, 0.05) is 11.5 Å². The summed E-state index contributed by atoms with van der Waals surface area (Å²) in [6.07, 6.45) is 8.22. The Hall–Kier alpha value is -1.63. The van der Waals surface area contributed by atoms with Crippen LogP contribution in [0.4, 0.5) is 13.2 Å². The van der Waals surface area contributed by atoms with Gasteiger partial charge in [-0.05, 0) is 55.9 Å². The van der Waals surface area contributed by atoms with Gasteiger partial charge in [-0.1, -0.05) is 57.3 Å². The number of rotatable bonds is 7. The molecule has 0 aliphatic heterocycles. The molecule has 0 saturated heterocycles. The number of unbranched alkanes of at least 4 members (excludes halogenated alkanes) is 4. The van der Waals surface area contributed by atoms with Crippen molar-refractivity contribution in [2.24, 2.45) is 11.8 Å². The van der Waals surface area contributed by atoms with E-state index < -0.39 is 6.36 Å². The van der Waals surface area contributed by atoms with E-state index in [0.717, 1.165) is 24.3 Å². The summed E-state index contributed by atoms with van der Waals surface area (Å²) in [5.41, 5.74) is 0.734. The molecule has 0 N–H and O–H groups in total. The van der Waals surface area contributed by atoms with Gasteiger partial charge in [0.05, 0.1) is 0 Å². The molecule has 1 aromatic rings. The molecule has 1 aromatic carbocycles. The molecule has 2 rings (SSSR count). The zero-order valence-corrected chi connectivity index (χ0v) is 15.6. The van der Waals surface area contributed by atoms with Crippen molar-refractivity contribution in [2.45, 2.75) is 77.5 Å². The van der Waals surface area contributed by atoms with Gasteiger partial charge in [-0.15, -0.1) is 13.2 Å². The highest BCUT2D eigenvalue weighted by Crippen LogP contribution is 2.32. The molecule has 0 aromatic heterocycles. The summed E-state index contributed by atoms with van der Waals surface area (Å²) in [6.45, 7) is 2.24. The predicted molar refractivity (Wildman–Crippen MR) is 98.8 cm³/mol. The SMILES string of the molecule is CCCCCCC[C@H]1CC[C@H](C#Cc2ccc(OC(F)(F)F)cc2)CC1. The number of hydrogen-bond donors (Lipinski definition) is 0. The topological polar surface area (TPSA) is 9.23 Å². The normalized spacial score (nSPS) is 20.3. The van der Waals surface area contributed by atoms with E-state index in [-0.39, 0.29) is 5.75 Å². The third-order valence-electron chi connectivity index (χ3n) is 5.07. The molecule has 26 heavy (non-hydrogen) atoms. The van der Waals surface area contributed by atoms with Crippen LogP contribution in [0.25, 0.3) is 0 Å². The van der Waals surface area contributed by atoms with E-state index in [2.05, 4.69) is 23.5 Å². The molecule has 1 fully saturated rings. The molecule has 144 valence electrons. The Morgan fingerprint density at radius 3 is 2.23 bits per heavy atom. The van der Waals surface area contributed by atoms with Crippen LogP contribution in [0.3, 0.4) is 0 Å². The fourth-order valence-corrected chi connectivity index (χ4v) is 3.56. The van der Waals surface area contributed by atoms with E-state index >= 15 is 0 Å². The highest BCUT2D eigenvalue weighted by molar-refractivity contribution is 5.38. The Labute approximate surface area is 155 Å². The smallest absolute Gasteiger partial charge is 0.406 e. The molecule has 0 amide bonds. The van der Waals surface area contributed by atoms with E-state index in [0.29, 0.717) is 5.92 Å². The Morgan fingerprint density at radius 1 is 0.962 bits per heavy atom. The van der Waals surface area contributed by atoms with Crippen LogP contribution in [-0.2, 0) is 0 Å². The minimum atomic E-state index is -4.65. The Kier molecular flexibility index (Phi) is 8.35. The van der Waals surface area contributed by atoms with Crippen molar-refractivity contribution in [1.82, 2.24) is 0 Å². The largest absolute Gasteiger partial charge is 0.573 e. The van der Waals surface area contributed by atoms with Gasteiger partial charge in [-0.3, -0.25) is 0 Å². The third-order valence-corrected chi connectivity index (χ3v) is 5.07. The standard InChI is InChI=1S/C22H29F3O/c1-2-3-4-5-6-7-18-8-10-19(11-9-18)12-13-20-14-16-21(17-15-20)26-22(23,24)25/h14-19H,2-11H2,1H3/t18-,19-. The summed E-state index contributed by atoms with van der Waals surface area (Å²) in [4.78, 5) is 0. The van der Waals surface area contributed by atoms with Crippen molar-refractivity contribution in [2.75, 3.05) is 0 Å². The van der Waals surface area contributed by atoms with Gasteiger partial charge in [0.15, 0.2) is 0 Å². The average Bonchev–Trinajstić information content (AvgIpc) is 2.61. The summed E-state index contributed by atoms with van der Waals surface area (Å²) in [5, 5.41) is 0. The lowest BCUT2D eigenvalue weighted by molar-refractivity contribution is -0.274. The number of hydrogen-bond acceptors (Lipinski definition) is 1. The summed E-state index contributed by atoms with van der Waals surface area (Å²) in [7, 11) is 0. The Bertz CT molecular complexity index is 572. The van der Waals surface area contributed by atoms with Crippen molar-refractivity contribution >= 4 is 0 Å². The van der Waals surface area contributed by atoms with Gasteiger partial charge >= 0.3 is 6.36 Å². The van der Waals surface area contributed by atoms with Crippen LogP contribution in [0.2, 0.25) is 0 Å². The first kappa shape index (κ1) is 20.7. The van der Waals surface area contributed by atoms with Crippen LogP contribution in [0.15, 0.2) is 24.3 Å². The fraction of sp³-hybridized carbons (Fsp3) is 0.636. The maximum Gasteiger partial charge on any atom is 0.573 e. The number of ether oxygens (including phenoxy) is 1. The van der Waals surface area contributed by atoms with Gasteiger partial charge in [-0.2, -0.15) is 0 Å². The summed E-state index contributed by atoms with van der Waals surface area (Å²) >= 11 is 0. The minimum absolute atomic E-state index is 0.206. The molecule has 0 radical (unpaired) electrons. The Balaban J connectivity index is 1.71. The average molecular weight is 366 g/mol. The second-order valence-corrected chi connectivity index (χ2v) is 7.26. The zero-order valence-electron chi connectivity index (χ0n) is 15.6. The van der Waals surface area contributed by atoms with Crippen molar-refractivity contribution < 1.29 is 17.9 Å². The van der Waals surface area contributed by atoms with E-state index in [9.17, 15) is 13.2 Å². The molecule has 0 atom stereocenters. The fourth-order valence-electron chi connectivity index (χ4n) is 3.56. The van der Waals surface area contributed by atoms with E-state index in [1.54, 1.807) is 12.1 Å². The van der Waals surface area contributed by atoms with Crippen LogP contribution in [0.5, 0.6) is 5.75 Å². The molecule has 0 unspecified atom stereocenters. The number of halogens is 3. The van der Waals surface area contributed by atoms with Crippen LogP contribution in [0.1, 0.15) is 76.7 Å². The summed E-state index contributed by atoms with van der Waals surface area (Å²) < 4.78 is 40.3. The molecular formula is C22H29F3O. The molecule has 0 bridgehead atoms. The highest BCUT2D eigenvalue weighted by atomic mass is 19.4. The molecule has 1 aliphatic rings. The second-order valence-electron chi connectivity index (χ2n) is 7.26. The van der Waals surface area contributed by atoms with Crippen molar-refractivity contribution in [3.05, 3.63) is 29.8 Å². The molecule has 1 aliphatic carbocycles. The first-order chi connectivity index (χ1) is 12.5. The monoisotopic (exact) mass is 366 g/mol. The molecule has 0 spiro atoms. The van der Waals surface area contributed by atoms with Crippen LogP contribution in [0, 0.1) is 23.7 Å². The van der Waals surface area contributed by atoms with Crippen molar-refractivity contribution in [3.8, 4) is 17.6 Å². The van der Waals surface area contributed by atoms with Gasteiger partial charge < -0.3 is 4.74 Å². The van der Waals surface area contributed by atoms with E-state index in [4.69, 9.17) is 0 Å². The van der Waals surface area contributed by atoms with Gasteiger partial charge in [0.2, 0.25) is 0 Å². The quantitative estimate of drug-likeness (QED) is 0.369. The van der Waals surface area contributed by atoms with Crippen LogP contribution >= 0.6 is 0 Å². The lowest BCUT2D eigenvalue weighted by Crippen LogP contribution is -2.16. The number of benzene rings is 1. The van der Waals surface area contributed by atoms with E-state index in [1.807, 2.05) is 0 Å². The van der Waals surface area contributed by atoms with Crippen LogP contribution < -0.4 is 4.74 Å². The van der Waals surface area contributed by atoms with Crippen LogP contribution in [-0.4, -0.2) is 6.36 Å². The molecule has 4 heteroatoms. The van der Waals surface area contributed by atoms with Gasteiger partial charge in [0.25, 0.3) is 0 Å². The van der Waals surface area contributed by atoms with Gasteiger partial charge in [-0.25, -0.2) is 0 Å². The van der Waals surface area contributed by atoms with E-state index in [1.165, 1.54) is 63.5 Å². The van der Waals surface area contributed by atoms with Crippen molar-refractivity contribution in [1.29, 1.82) is 0 Å². The maximum absolute atomic E-state index is 12.1. The molecular weight excluding hydrogens is 337 g/mol. The zero-order chi connectivity index (χ0) is 18.8. The lowest BCUT2D eigenvalue weighted by atomic mass is 9.80. The first-order valence-corrected chi connectivity index (χ1v) is 9.83. The summed E-state index contributed by atoms with van der Waals surface area (Å²) in [5.74, 6) is 7.46.